The van der Waals surface area contributed by atoms with Crippen molar-refractivity contribution in [3.8, 4) is 0 Å². The number of amides is 1. The van der Waals surface area contributed by atoms with E-state index in [1.54, 1.807) is 0 Å². The van der Waals surface area contributed by atoms with Crippen LogP contribution in [0.1, 0.15) is 27.7 Å². The fourth-order valence-electron chi connectivity index (χ4n) is 1.28. The lowest BCUT2D eigenvalue weighted by Crippen LogP contribution is -2.53. The van der Waals surface area contributed by atoms with Crippen LogP contribution in [-0.2, 0) is 4.74 Å². The Balaban J connectivity index is 2.25. The molecule has 14 heavy (non-hydrogen) atoms. The van der Waals surface area contributed by atoms with Gasteiger partial charge < -0.3 is 15.4 Å². The highest BCUT2D eigenvalue weighted by Crippen LogP contribution is 2.11. The Kier molecular flexibility index (Phi) is 3.37. The molecule has 0 saturated carbocycles. The Hall–Kier alpha value is -0.770. The number of ether oxygens (including phenoxy) is 1. The van der Waals surface area contributed by atoms with Gasteiger partial charge in [0.2, 0.25) is 0 Å². The molecule has 1 saturated heterocycles. The number of carbonyl (C=O) groups is 1. The number of rotatable bonds is 2. The lowest BCUT2D eigenvalue weighted by atomic mass is 9.95. The molecule has 4 nitrogen and oxygen atoms in total. The number of hydrogen-bond donors (Lipinski definition) is 2. The Morgan fingerprint density at radius 1 is 1.50 bits per heavy atom. The second-order valence-electron chi connectivity index (χ2n) is 4.85. The highest BCUT2D eigenvalue weighted by atomic mass is 16.6. The molecule has 0 aromatic rings. The van der Waals surface area contributed by atoms with E-state index < -0.39 is 5.60 Å². The predicted molar refractivity (Wildman–Crippen MR) is 55.2 cm³/mol. The van der Waals surface area contributed by atoms with Crippen LogP contribution in [-0.4, -0.2) is 30.8 Å². The van der Waals surface area contributed by atoms with Gasteiger partial charge in [0.25, 0.3) is 0 Å². The third kappa shape index (κ3) is 3.54. The maximum absolute atomic E-state index is 11.4. The summed E-state index contributed by atoms with van der Waals surface area (Å²) in [6.07, 6.45) is -0.322. The number of nitrogens with one attached hydrogen (secondary N) is 2. The van der Waals surface area contributed by atoms with E-state index in [0.29, 0.717) is 5.92 Å². The van der Waals surface area contributed by atoms with Gasteiger partial charge in [-0.05, 0) is 27.7 Å². The smallest absolute Gasteiger partial charge is 0.407 e. The van der Waals surface area contributed by atoms with Gasteiger partial charge in [-0.15, -0.1) is 0 Å². The molecule has 1 aliphatic rings. The summed E-state index contributed by atoms with van der Waals surface area (Å²) in [5, 5.41) is 6.01. The zero-order valence-electron chi connectivity index (χ0n) is 9.39. The molecule has 0 aromatic heterocycles. The Labute approximate surface area is 85.4 Å². The number of carbonyl (C=O) groups excluding carboxylic acids is 1. The van der Waals surface area contributed by atoms with E-state index >= 15 is 0 Å². The fraction of sp³-hybridized carbons (Fsp3) is 0.900. The van der Waals surface area contributed by atoms with Crippen LogP contribution in [0.3, 0.4) is 0 Å². The van der Waals surface area contributed by atoms with Crippen molar-refractivity contribution >= 4 is 6.09 Å². The van der Waals surface area contributed by atoms with E-state index in [2.05, 4.69) is 10.6 Å². The van der Waals surface area contributed by atoms with E-state index in [4.69, 9.17) is 4.74 Å². The van der Waals surface area contributed by atoms with Crippen molar-refractivity contribution < 1.29 is 9.53 Å². The number of hydrogen-bond acceptors (Lipinski definition) is 3. The first-order valence-corrected chi connectivity index (χ1v) is 5.09. The Morgan fingerprint density at radius 3 is 2.43 bits per heavy atom. The maximum atomic E-state index is 11.4. The Bertz CT molecular complexity index is 207. The molecule has 4 heteroatoms. The average Bonchev–Trinajstić information content (AvgIpc) is 1.75. The van der Waals surface area contributed by atoms with E-state index in [0.717, 1.165) is 13.1 Å². The summed E-state index contributed by atoms with van der Waals surface area (Å²) in [5.41, 5.74) is -0.415. The summed E-state index contributed by atoms with van der Waals surface area (Å²) in [5.74, 6) is 0.544. The maximum Gasteiger partial charge on any atom is 0.407 e. The molecule has 1 rings (SSSR count). The van der Waals surface area contributed by atoms with Gasteiger partial charge in [0.15, 0.2) is 0 Å². The lowest BCUT2D eigenvalue weighted by Gasteiger charge is -2.33. The summed E-state index contributed by atoms with van der Waals surface area (Å²) in [4.78, 5) is 11.4. The topological polar surface area (TPSA) is 50.4 Å². The summed E-state index contributed by atoms with van der Waals surface area (Å²) in [7, 11) is 0. The van der Waals surface area contributed by atoms with Gasteiger partial charge in [0, 0.05) is 25.0 Å². The molecule has 1 amide bonds. The quantitative estimate of drug-likeness (QED) is 0.702. The minimum absolute atomic E-state index is 0.186. The van der Waals surface area contributed by atoms with Crippen molar-refractivity contribution in [3.63, 3.8) is 0 Å². The first kappa shape index (κ1) is 11.3. The zero-order chi connectivity index (χ0) is 10.8. The summed E-state index contributed by atoms with van der Waals surface area (Å²) in [6, 6.07) is 0.186. The largest absolute Gasteiger partial charge is 0.444 e. The Morgan fingerprint density at radius 2 is 2.07 bits per heavy atom. The van der Waals surface area contributed by atoms with Crippen molar-refractivity contribution in [2.45, 2.75) is 39.3 Å². The molecule has 0 bridgehead atoms. The van der Waals surface area contributed by atoms with E-state index in [-0.39, 0.29) is 12.1 Å². The summed E-state index contributed by atoms with van der Waals surface area (Å²) in [6.45, 7) is 9.57. The van der Waals surface area contributed by atoms with Crippen LogP contribution in [0.25, 0.3) is 0 Å². The van der Waals surface area contributed by atoms with Crippen molar-refractivity contribution in [2.75, 3.05) is 13.1 Å². The van der Waals surface area contributed by atoms with Crippen LogP contribution < -0.4 is 10.6 Å². The standard InChI is InChI=1S/C10H20N2O2/c1-7(8-5-11-6-8)12-9(13)14-10(2,3)4/h7-8,11H,5-6H2,1-4H3,(H,12,13)/t7-/m0/s1. The second-order valence-corrected chi connectivity index (χ2v) is 4.85. The molecule has 1 aliphatic heterocycles. The molecular weight excluding hydrogens is 180 g/mol. The van der Waals surface area contributed by atoms with E-state index in [1.807, 2.05) is 27.7 Å². The third-order valence-electron chi connectivity index (χ3n) is 2.26. The zero-order valence-corrected chi connectivity index (χ0v) is 9.39. The van der Waals surface area contributed by atoms with Crippen molar-refractivity contribution in [1.82, 2.24) is 10.6 Å². The van der Waals surface area contributed by atoms with Crippen LogP contribution >= 0.6 is 0 Å². The van der Waals surface area contributed by atoms with Crippen LogP contribution in [0.5, 0.6) is 0 Å². The molecule has 82 valence electrons. The average molecular weight is 200 g/mol. The van der Waals surface area contributed by atoms with Crippen molar-refractivity contribution in [1.29, 1.82) is 0 Å². The molecule has 2 N–H and O–H groups in total. The minimum Gasteiger partial charge on any atom is -0.444 e. The highest BCUT2D eigenvalue weighted by molar-refractivity contribution is 5.68. The molecular formula is C10H20N2O2. The minimum atomic E-state index is -0.415. The molecule has 0 unspecified atom stereocenters. The second kappa shape index (κ2) is 4.17. The van der Waals surface area contributed by atoms with Crippen molar-refractivity contribution in [3.05, 3.63) is 0 Å². The van der Waals surface area contributed by atoms with Crippen LogP contribution in [0.2, 0.25) is 0 Å². The summed E-state index contributed by atoms with van der Waals surface area (Å²) < 4.78 is 5.16. The third-order valence-corrected chi connectivity index (χ3v) is 2.26. The molecule has 0 aromatic carbocycles. The normalized spacial score (nSPS) is 19.7. The van der Waals surface area contributed by atoms with E-state index in [1.165, 1.54) is 0 Å². The van der Waals surface area contributed by atoms with Gasteiger partial charge in [-0.2, -0.15) is 0 Å². The van der Waals surface area contributed by atoms with Crippen LogP contribution in [0.15, 0.2) is 0 Å². The molecule has 1 fully saturated rings. The van der Waals surface area contributed by atoms with E-state index in [9.17, 15) is 4.79 Å². The first-order chi connectivity index (χ1) is 6.38. The molecule has 1 heterocycles. The number of alkyl carbamates (subject to hydrolysis) is 1. The SMILES string of the molecule is C[C@H](NC(=O)OC(C)(C)C)C1CNC1. The van der Waals surface area contributed by atoms with Gasteiger partial charge >= 0.3 is 6.09 Å². The van der Waals surface area contributed by atoms with Crippen LogP contribution in [0.4, 0.5) is 4.79 Å². The van der Waals surface area contributed by atoms with Gasteiger partial charge in [0.1, 0.15) is 5.60 Å². The monoisotopic (exact) mass is 200 g/mol. The van der Waals surface area contributed by atoms with Gasteiger partial charge in [0.05, 0.1) is 0 Å². The fourth-order valence-corrected chi connectivity index (χ4v) is 1.28. The van der Waals surface area contributed by atoms with Gasteiger partial charge in [-0.25, -0.2) is 4.79 Å². The molecule has 0 spiro atoms. The summed E-state index contributed by atoms with van der Waals surface area (Å²) >= 11 is 0. The lowest BCUT2D eigenvalue weighted by molar-refractivity contribution is 0.0481. The predicted octanol–water partition coefficient (Wildman–Crippen LogP) is 1.12. The van der Waals surface area contributed by atoms with Gasteiger partial charge in [-0.3, -0.25) is 0 Å². The van der Waals surface area contributed by atoms with Gasteiger partial charge in [-0.1, -0.05) is 0 Å². The first-order valence-electron chi connectivity index (χ1n) is 5.09. The molecule has 1 atom stereocenters. The molecule has 0 radical (unpaired) electrons. The van der Waals surface area contributed by atoms with Crippen molar-refractivity contribution in [2.24, 2.45) is 5.92 Å². The molecule has 0 aliphatic carbocycles. The highest BCUT2D eigenvalue weighted by Gasteiger charge is 2.26. The van der Waals surface area contributed by atoms with Crippen LogP contribution in [0, 0.1) is 5.92 Å².